The van der Waals surface area contributed by atoms with Gasteiger partial charge in [-0.2, -0.15) is 0 Å². The summed E-state index contributed by atoms with van der Waals surface area (Å²) in [6.07, 6.45) is -1.25. The molecule has 1 fully saturated rings. The number of benzene rings is 2. The van der Waals surface area contributed by atoms with Gasteiger partial charge in [0.15, 0.2) is 22.9 Å². The van der Waals surface area contributed by atoms with E-state index in [9.17, 15) is 19.2 Å². The first-order chi connectivity index (χ1) is 20.1. The zero-order chi connectivity index (χ0) is 30.0. The maximum Gasteiger partial charge on any atom is 0.412 e. The standard InChI is InChI=1S/C28H26ClFN6O6/c1-35(27(40)41)21-11-10-19(33-34-21)24(37)31-20(14-16-6-3-2-4-7-16)25(38)36-13-5-12-28(15-36)22-18(32-26(39)42-28)9-8-17(29)23(22)30/h2-4,6-11,20H,5,12-15H2,1H3,(H,31,37)(H,32,39)(H,40,41)/t20-,28-/m0/s1. The monoisotopic (exact) mass is 596 g/mol. The van der Waals surface area contributed by atoms with E-state index < -0.39 is 41.5 Å². The number of halogens is 2. The number of likely N-dealkylation sites (tertiary alicyclic amines) is 1. The number of rotatable bonds is 6. The highest BCUT2D eigenvalue weighted by molar-refractivity contribution is 6.31. The first kappa shape index (κ1) is 28.7. The Morgan fingerprint density at radius 1 is 1.19 bits per heavy atom. The van der Waals surface area contributed by atoms with E-state index in [1.807, 2.05) is 18.2 Å². The van der Waals surface area contributed by atoms with Crippen LogP contribution in [-0.4, -0.2) is 70.4 Å². The molecule has 4 amide bonds. The van der Waals surface area contributed by atoms with Gasteiger partial charge in [0.1, 0.15) is 6.04 Å². The Morgan fingerprint density at radius 2 is 1.95 bits per heavy atom. The summed E-state index contributed by atoms with van der Waals surface area (Å²) in [5, 5.41) is 21.8. The van der Waals surface area contributed by atoms with Crippen LogP contribution in [0.4, 0.5) is 25.5 Å². The molecule has 3 aromatic rings. The molecule has 0 radical (unpaired) electrons. The summed E-state index contributed by atoms with van der Waals surface area (Å²) in [6, 6.07) is 13.4. The number of carbonyl (C=O) groups is 4. The summed E-state index contributed by atoms with van der Waals surface area (Å²) in [6.45, 7) is 0.126. The van der Waals surface area contributed by atoms with Crippen LogP contribution in [0.5, 0.6) is 0 Å². The highest BCUT2D eigenvalue weighted by atomic mass is 35.5. The lowest BCUT2D eigenvalue weighted by atomic mass is 9.82. The minimum atomic E-state index is -1.47. The first-order valence-corrected chi connectivity index (χ1v) is 13.4. The van der Waals surface area contributed by atoms with Crippen molar-refractivity contribution in [3.05, 3.63) is 82.3 Å². The summed E-state index contributed by atoms with van der Waals surface area (Å²) < 4.78 is 21.0. The van der Waals surface area contributed by atoms with Gasteiger partial charge >= 0.3 is 12.2 Å². The van der Waals surface area contributed by atoms with E-state index >= 15 is 4.39 Å². The molecule has 0 bridgehead atoms. The van der Waals surface area contributed by atoms with E-state index in [1.165, 1.54) is 36.2 Å². The zero-order valence-corrected chi connectivity index (χ0v) is 23.1. The van der Waals surface area contributed by atoms with Crippen LogP contribution in [-0.2, 0) is 21.6 Å². The summed E-state index contributed by atoms with van der Waals surface area (Å²) in [7, 11) is 1.28. The van der Waals surface area contributed by atoms with E-state index in [1.54, 1.807) is 12.1 Å². The van der Waals surface area contributed by atoms with Crippen LogP contribution in [0.15, 0.2) is 54.6 Å². The van der Waals surface area contributed by atoms with E-state index in [0.717, 1.165) is 10.5 Å². The fourth-order valence-electron chi connectivity index (χ4n) is 5.19. The number of amides is 4. The number of nitrogens with one attached hydrogen (secondary N) is 2. The van der Waals surface area contributed by atoms with Crippen molar-refractivity contribution in [1.29, 1.82) is 0 Å². The van der Waals surface area contributed by atoms with Crippen LogP contribution >= 0.6 is 11.6 Å². The molecule has 218 valence electrons. The third-order valence-electron chi connectivity index (χ3n) is 7.24. The second-order valence-corrected chi connectivity index (χ2v) is 10.4. The van der Waals surface area contributed by atoms with Crippen molar-refractivity contribution in [3.63, 3.8) is 0 Å². The van der Waals surface area contributed by atoms with Gasteiger partial charge in [-0.25, -0.2) is 14.0 Å². The highest BCUT2D eigenvalue weighted by Gasteiger charge is 2.49. The lowest BCUT2D eigenvalue weighted by Gasteiger charge is -2.45. The number of carbonyl (C=O) groups excluding carboxylic acids is 3. The lowest BCUT2D eigenvalue weighted by Crippen LogP contribution is -2.58. The summed E-state index contributed by atoms with van der Waals surface area (Å²) in [5.41, 5.74) is -0.552. The normalized spacial score (nSPS) is 18.4. The molecule has 0 saturated carbocycles. The number of fused-ring (bicyclic) bond motifs is 2. The van der Waals surface area contributed by atoms with Crippen LogP contribution < -0.4 is 15.5 Å². The predicted octanol–water partition coefficient (Wildman–Crippen LogP) is 3.80. The molecule has 5 rings (SSSR count). The van der Waals surface area contributed by atoms with Crippen molar-refractivity contribution < 1.29 is 33.4 Å². The summed E-state index contributed by atoms with van der Waals surface area (Å²) >= 11 is 6.07. The van der Waals surface area contributed by atoms with Gasteiger partial charge in [-0.1, -0.05) is 41.9 Å². The molecule has 12 nitrogen and oxygen atoms in total. The second-order valence-electron chi connectivity index (χ2n) is 9.99. The molecule has 0 aliphatic carbocycles. The second kappa shape index (κ2) is 11.6. The molecule has 2 aromatic carbocycles. The molecule has 2 atom stereocenters. The molecule has 1 aromatic heterocycles. The van der Waals surface area contributed by atoms with Crippen molar-refractivity contribution >= 4 is 47.1 Å². The quantitative estimate of drug-likeness (QED) is 0.388. The first-order valence-electron chi connectivity index (χ1n) is 13.0. The maximum atomic E-state index is 15.3. The van der Waals surface area contributed by atoms with Crippen molar-refractivity contribution in [2.45, 2.75) is 30.9 Å². The largest absolute Gasteiger partial charge is 0.465 e. The Kier molecular flexibility index (Phi) is 7.94. The van der Waals surface area contributed by atoms with E-state index in [0.29, 0.717) is 6.42 Å². The van der Waals surface area contributed by atoms with Crippen LogP contribution in [0.1, 0.15) is 34.5 Å². The molecule has 42 heavy (non-hydrogen) atoms. The van der Waals surface area contributed by atoms with E-state index in [4.69, 9.17) is 21.4 Å². The highest BCUT2D eigenvalue weighted by Crippen LogP contribution is 2.45. The lowest BCUT2D eigenvalue weighted by molar-refractivity contribution is -0.141. The fraction of sp³-hybridized carbons (Fsp3) is 0.286. The van der Waals surface area contributed by atoms with Gasteiger partial charge in [-0.15, -0.1) is 10.2 Å². The minimum Gasteiger partial charge on any atom is -0.465 e. The van der Waals surface area contributed by atoms with Crippen LogP contribution in [0.25, 0.3) is 0 Å². The summed E-state index contributed by atoms with van der Waals surface area (Å²) in [5.74, 6) is -1.91. The fourth-order valence-corrected chi connectivity index (χ4v) is 5.34. The van der Waals surface area contributed by atoms with Crippen molar-refractivity contribution in [3.8, 4) is 0 Å². The summed E-state index contributed by atoms with van der Waals surface area (Å²) in [4.78, 5) is 53.1. The number of aromatic nitrogens is 2. The zero-order valence-electron chi connectivity index (χ0n) is 22.3. The topological polar surface area (TPSA) is 154 Å². The Hall–Kier alpha value is -4.78. The smallest absolute Gasteiger partial charge is 0.412 e. The SMILES string of the molecule is CN(C(=O)O)c1ccc(C(=O)N[C@@H](Cc2ccccc2)C(=O)N2CCC[C@@]3(C2)OC(=O)Nc2ccc(Cl)c(F)c23)nn1. The van der Waals surface area contributed by atoms with Gasteiger partial charge in [0.25, 0.3) is 5.91 Å². The third-order valence-corrected chi connectivity index (χ3v) is 7.53. The molecule has 2 aliphatic heterocycles. The number of nitrogens with zero attached hydrogens (tertiary/aromatic N) is 4. The number of hydrogen-bond acceptors (Lipinski definition) is 7. The number of hydrogen-bond donors (Lipinski definition) is 3. The van der Waals surface area contributed by atoms with E-state index in [2.05, 4.69) is 20.8 Å². The molecule has 1 saturated heterocycles. The van der Waals surface area contributed by atoms with Gasteiger partial charge in [-0.3, -0.25) is 19.8 Å². The Morgan fingerprint density at radius 3 is 2.64 bits per heavy atom. The molecule has 2 aliphatic rings. The molecule has 14 heteroatoms. The Balaban J connectivity index is 1.42. The van der Waals surface area contributed by atoms with Crippen LogP contribution in [0.3, 0.4) is 0 Å². The van der Waals surface area contributed by atoms with E-state index in [-0.39, 0.29) is 53.7 Å². The molecule has 0 unspecified atom stereocenters. The van der Waals surface area contributed by atoms with Gasteiger partial charge in [-0.05, 0) is 42.7 Å². The molecule has 1 spiro atoms. The van der Waals surface area contributed by atoms with Crippen LogP contribution in [0, 0.1) is 5.82 Å². The number of piperidine rings is 1. The van der Waals surface area contributed by atoms with Crippen molar-refractivity contribution in [1.82, 2.24) is 20.4 Å². The molecular formula is C28H26ClFN6O6. The Bertz CT molecular complexity index is 1540. The average Bonchev–Trinajstić information content (AvgIpc) is 2.98. The number of anilines is 2. The maximum absolute atomic E-state index is 15.3. The van der Waals surface area contributed by atoms with Gasteiger partial charge in [0.05, 0.1) is 22.8 Å². The molecule has 3 heterocycles. The molecule has 3 N–H and O–H groups in total. The van der Waals surface area contributed by atoms with Crippen molar-refractivity contribution in [2.24, 2.45) is 0 Å². The average molecular weight is 597 g/mol. The van der Waals surface area contributed by atoms with Gasteiger partial charge in [0, 0.05) is 20.0 Å². The van der Waals surface area contributed by atoms with Gasteiger partial charge in [0.2, 0.25) is 5.91 Å². The number of carboxylic acid groups (broad SMARTS) is 1. The van der Waals surface area contributed by atoms with Gasteiger partial charge < -0.3 is 20.1 Å². The number of ether oxygens (including phenoxy) is 1. The minimum absolute atomic E-state index is 0.0127. The van der Waals surface area contributed by atoms with Crippen molar-refractivity contribution in [2.75, 3.05) is 30.4 Å². The van der Waals surface area contributed by atoms with Crippen LogP contribution in [0.2, 0.25) is 5.02 Å². The third kappa shape index (κ3) is 5.68. The molecular weight excluding hydrogens is 571 g/mol. The Labute approximate surface area is 244 Å². The predicted molar refractivity (Wildman–Crippen MR) is 149 cm³/mol.